The number of nitrogens with one attached hydrogen (secondary N) is 1. The van der Waals surface area contributed by atoms with Gasteiger partial charge in [-0.25, -0.2) is 0 Å². The van der Waals surface area contributed by atoms with Gasteiger partial charge in [0.15, 0.2) is 0 Å². The highest BCUT2D eigenvalue weighted by molar-refractivity contribution is 5.75. The average molecular weight is 265 g/mol. The summed E-state index contributed by atoms with van der Waals surface area (Å²) < 4.78 is 5.50. The summed E-state index contributed by atoms with van der Waals surface area (Å²) in [4.78, 5) is 22.0. The lowest BCUT2D eigenvalue weighted by Crippen LogP contribution is -2.28. The SMILES string of the molecule is CCCOc1cccc([C@@H](CC(=O)O)NC(C)=O)c1. The van der Waals surface area contributed by atoms with Gasteiger partial charge in [-0.3, -0.25) is 9.59 Å². The fraction of sp³-hybridized carbons (Fsp3) is 0.429. The van der Waals surface area contributed by atoms with Gasteiger partial charge in [-0.15, -0.1) is 0 Å². The lowest BCUT2D eigenvalue weighted by atomic mass is 10.0. The Bertz CT molecular complexity index is 429. The van der Waals surface area contributed by atoms with E-state index in [1.807, 2.05) is 13.0 Å². The zero-order valence-corrected chi connectivity index (χ0v) is 11.2. The standard InChI is InChI=1S/C14H19NO4/c1-3-7-19-12-6-4-5-11(8-12)13(9-14(17)18)15-10(2)16/h4-6,8,13H,3,7,9H2,1-2H3,(H,15,16)(H,17,18)/t13-/m1/s1. The third-order valence-corrected chi connectivity index (χ3v) is 2.49. The molecule has 1 amide bonds. The molecule has 0 spiro atoms. The molecule has 1 rings (SSSR count). The number of ether oxygens (including phenoxy) is 1. The van der Waals surface area contributed by atoms with Gasteiger partial charge in [-0.1, -0.05) is 19.1 Å². The number of hydrogen-bond acceptors (Lipinski definition) is 3. The van der Waals surface area contributed by atoms with Gasteiger partial charge in [-0.05, 0) is 24.1 Å². The topological polar surface area (TPSA) is 75.6 Å². The first-order valence-electron chi connectivity index (χ1n) is 6.24. The fourth-order valence-electron chi connectivity index (χ4n) is 1.71. The maximum atomic E-state index is 11.1. The van der Waals surface area contributed by atoms with E-state index in [9.17, 15) is 9.59 Å². The Morgan fingerprint density at radius 1 is 1.42 bits per heavy atom. The third-order valence-electron chi connectivity index (χ3n) is 2.49. The highest BCUT2D eigenvalue weighted by atomic mass is 16.5. The molecule has 0 aliphatic carbocycles. The quantitative estimate of drug-likeness (QED) is 0.792. The minimum atomic E-state index is -0.960. The van der Waals surface area contributed by atoms with Crippen LogP contribution in [-0.2, 0) is 9.59 Å². The molecule has 104 valence electrons. The number of hydrogen-bond donors (Lipinski definition) is 2. The first kappa shape index (κ1) is 15.0. The largest absolute Gasteiger partial charge is 0.494 e. The molecule has 0 heterocycles. The first-order valence-corrected chi connectivity index (χ1v) is 6.24. The van der Waals surface area contributed by atoms with Crippen LogP contribution in [0.3, 0.4) is 0 Å². The number of carbonyl (C=O) groups excluding carboxylic acids is 1. The van der Waals surface area contributed by atoms with Crippen molar-refractivity contribution in [2.45, 2.75) is 32.7 Å². The summed E-state index contributed by atoms with van der Waals surface area (Å²) in [6, 6.07) is 6.60. The summed E-state index contributed by atoms with van der Waals surface area (Å²) in [6.45, 7) is 3.98. The van der Waals surface area contributed by atoms with Crippen LogP contribution in [0.5, 0.6) is 5.75 Å². The maximum Gasteiger partial charge on any atom is 0.305 e. The van der Waals surface area contributed by atoms with Crippen LogP contribution in [0.4, 0.5) is 0 Å². The average Bonchev–Trinajstić information content (AvgIpc) is 2.35. The minimum absolute atomic E-state index is 0.156. The number of aliphatic carboxylic acids is 1. The molecule has 0 saturated carbocycles. The highest BCUT2D eigenvalue weighted by Crippen LogP contribution is 2.22. The number of amides is 1. The van der Waals surface area contributed by atoms with Crippen molar-refractivity contribution in [2.75, 3.05) is 6.61 Å². The predicted molar refractivity (Wildman–Crippen MR) is 71.0 cm³/mol. The van der Waals surface area contributed by atoms with Crippen LogP contribution in [0.2, 0.25) is 0 Å². The van der Waals surface area contributed by atoms with Crippen molar-refractivity contribution in [3.05, 3.63) is 29.8 Å². The van der Waals surface area contributed by atoms with E-state index in [-0.39, 0.29) is 12.3 Å². The fourth-order valence-corrected chi connectivity index (χ4v) is 1.71. The molecule has 2 N–H and O–H groups in total. The molecule has 0 aromatic heterocycles. The molecule has 1 atom stereocenters. The molecule has 0 aliphatic heterocycles. The molecule has 0 aliphatic rings. The smallest absolute Gasteiger partial charge is 0.305 e. The van der Waals surface area contributed by atoms with Crippen molar-refractivity contribution in [2.24, 2.45) is 0 Å². The Morgan fingerprint density at radius 2 is 2.16 bits per heavy atom. The third kappa shape index (κ3) is 5.42. The molecule has 1 aromatic carbocycles. The highest BCUT2D eigenvalue weighted by Gasteiger charge is 2.17. The molecule has 19 heavy (non-hydrogen) atoms. The van der Waals surface area contributed by atoms with Crippen molar-refractivity contribution in [3.8, 4) is 5.75 Å². The van der Waals surface area contributed by atoms with Gasteiger partial charge in [-0.2, -0.15) is 0 Å². The molecule has 5 nitrogen and oxygen atoms in total. The number of carboxylic acid groups (broad SMARTS) is 1. The Labute approximate surface area is 112 Å². The van der Waals surface area contributed by atoms with E-state index in [2.05, 4.69) is 5.32 Å². The van der Waals surface area contributed by atoms with Gasteiger partial charge in [0.25, 0.3) is 0 Å². The number of rotatable bonds is 7. The van der Waals surface area contributed by atoms with Crippen LogP contribution in [0, 0.1) is 0 Å². The van der Waals surface area contributed by atoms with E-state index in [1.165, 1.54) is 6.92 Å². The molecule has 0 bridgehead atoms. The molecule has 5 heteroatoms. The molecule has 0 unspecified atom stereocenters. The van der Waals surface area contributed by atoms with Crippen molar-refractivity contribution in [3.63, 3.8) is 0 Å². The molecule has 1 aromatic rings. The van der Waals surface area contributed by atoms with Crippen molar-refractivity contribution in [1.29, 1.82) is 0 Å². The summed E-state index contributed by atoms with van der Waals surface area (Å²) in [5, 5.41) is 11.5. The molecule has 0 fully saturated rings. The van der Waals surface area contributed by atoms with Crippen LogP contribution < -0.4 is 10.1 Å². The van der Waals surface area contributed by atoms with Gasteiger partial charge in [0, 0.05) is 6.92 Å². The zero-order chi connectivity index (χ0) is 14.3. The monoisotopic (exact) mass is 265 g/mol. The van der Waals surface area contributed by atoms with Crippen LogP contribution in [0.25, 0.3) is 0 Å². The molecule has 0 saturated heterocycles. The lowest BCUT2D eigenvalue weighted by molar-refractivity contribution is -0.137. The Kier molecular flexibility index (Phi) is 5.85. The van der Waals surface area contributed by atoms with E-state index in [4.69, 9.17) is 9.84 Å². The van der Waals surface area contributed by atoms with Gasteiger partial charge < -0.3 is 15.2 Å². The van der Waals surface area contributed by atoms with E-state index in [1.54, 1.807) is 18.2 Å². The van der Waals surface area contributed by atoms with Crippen LogP contribution in [0.15, 0.2) is 24.3 Å². The maximum absolute atomic E-state index is 11.1. The van der Waals surface area contributed by atoms with Crippen molar-refractivity contribution < 1.29 is 19.4 Å². The molecular weight excluding hydrogens is 246 g/mol. The lowest BCUT2D eigenvalue weighted by Gasteiger charge is -2.17. The van der Waals surface area contributed by atoms with E-state index < -0.39 is 12.0 Å². The van der Waals surface area contributed by atoms with Crippen LogP contribution in [-0.4, -0.2) is 23.6 Å². The van der Waals surface area contributed by atoms with Gasteiger partial charge in [0.2, 0.25) is 5.91 Å². The Hall–Kier alpha value is -2.04. The van der Waals surface area contributed by atoms with E-state index in [0.29, 0.717) is 12.4 Å². The normalized spacial score (nSPS) is 11.7. The second kappa shape index (κ2) is 7.41. The van der Waals surface area contributed by atoms with Gasteiger partial charge in [0.1, 0.15) is 5.75 Å². The predicted octanol–water partition coefficient (Wildman–Crippen LogP) is 2.13. The Morgan fingerprint density at radius 3 is 2.74 bits per heavy atom. The second-order valence-electron chi connectivity index (χ2n) is 4.27. The summed E-state index contributed by atoms with van der Waals surface area (Å²) in [5.74, 6) is -0.537. The summed E-state index contributed by atoms with van der Waals surface area (Å²) in [5.41, 5.74) is 0.728. The summed E-state index contributed by atoms with van der Waals surface area (Å²) in [7, 11) is 0. The molecule has 0 radical (unpaired) electrons. The van der Waals surface area contributed by atoms with E-state index in [0.717, 1.165) is 12.0 Å². The number of carbonyl (C=O) groups is 2. The molecular formula is C14H19NO4. The minimum Gasteiger partial charge on any atom is -0.494 e. The summed E-state index contributed by atoms with van der Waals surface area (Å²) in [6.07, 6.45) is 0.741. The zero-order valence-electron chi connectivity index (χ0n) is 11.2. The van der Waals surface area contributed by atoms with Gasteiger partial charge in [0.05, 0.1) is 19.1 Å². The van der Waals surface area contributed by atoms with Crippen LogP contribution in [0.1, 0.15) is 38.3 Å². The van der Waals surface area contributed by atoms with Gasteiger partial charge >= 0.3 is 5.97 Å². The van der Waals surface area contributed by atoms with Crippen molar-refractivity contribution in [1.82, 2.24) is 5.32 Å². The summed E-state index contributed by atoms with van der Waals surface area (Å²) >= 11 is 0. The number of carboxylic acids is 1. The van der Waals surface area contributed by atoms with E-state index >= 15 is 0 Å². The first-order chi connectivity index (χ1) is 9.02. The van der Waals surface area contributed by atoms with Crippen molar-refractivity contribution >= 4 is 11.9 Å². The van der Waals surface area contributed by atoms with Crippen LogP contribution >= 0.6 is 0 Å². The second-order valence-corrected chi connectivity index (χ2v) is 4.27. The Balaban J connectivity index is 2.87. The number of benzene rings is 1.